The number of nitriles is 1. The fourth-order valence-corrected chi connectivity index (χ4v) is 3.71. The van der Waals surface area contributed by atoms with E-state index in [0.29, 0.717) is 5.75 Å². The van der Waals surface area contributed by atoms with Crippen LogP contribution in [0.5, 0.6) is 5.75 Å². The molecular formula is C12H11NO4S. The molecule has 0 heterocycles. The molecule has 0 spiro atoms. The predicted molar refractivity (Wildman–Crippen MR) is 62.8 cm³/mol. The Balaban J connectivity index is 2.49. The molecular weight excluding hydrogens is 254 g/mol. The Labute approximate surface area is 105 Å². The van der Waals surface area contributed by atoms with Crippen molar-refractivity contribution >= 4 is 15.6 Å². The number of carbonyl (C=O) groups excluding carboxylic acids is 1. The van der Waals surface area contributed by atoms with E-state index in [1.165, 1.54) is 25.3 Å². The van der Waals surface area contributed by atoms with Crippen molar-refractivity contribution in [2.75, 3.05) is 7.11 Å². The quantitative estimate of drug-likeness (QED) is 0.816. The van der Waals surface area contributed by atoms with E-state index in [0.717, 1.165) is 0 Å². The molecule has 0 N–H and O–H groups in total. The van der Waals surface area contributed by atoms with Crippen molar-refractivity contribution in [3.05, 3.63) is 24.3 Å². The lowest BCUT2D eigenvalue weighted by molar-refractivity contribution is -0.124. The summed E-state index contributed by atoms with van der Waals surface area (Å²) in [5.41, 5.74) is 0. The molecule has 1 aromatic carbocycles. The first kappa shape index (κ1) is 12.6. The van der Waals surface area contributed by atoms with Crippen molar-refractivity contribution in [2.45, 2.75) is 22.5 Å². The van der Waals surface area contributed by atoms with Crippen molar-refractivity contribution in [3.63, 3.8) is 0 Å². The highest BCUT2D eigenvalue weighted by atomic mass is 32.2. The minimum absolute atomic E-state index is 0.0101. The summed E-state index contributed by atoms with van der Waals surface area (Å²) in [6, 6.07) is 7.69. The number of methoxy groups -OCH3 is 1. The van der Waals surface area contributed by atoms with Crippen LogP contribution in [0.4, 0.5) is 0 Å². The van der Waals surface area contributed by atoms with Gasteiger partial charge in [0.2, 0.25) is 0 Å². The van der Waals surface area contributed by atoms with Crippen LogP contribution in [-0.2, 0) is 14.6 Å². The lowest BCUT2D eigenvalue weighted by Gasteiger charge is -2.32. The zero-order chi connectivity index (χ0) is 13.4. The molecule has 0 radical (unpaired) electrons. The zero-order valence-corrected chi connectivity index (χ0v) is 10.5. The minimum atomic E-state index is -3.84. The van der Waals surface area contributed by atoms with E-state index in [1.807, 2.05) is 0 Å². The highest BCUT2D eigenvalue weighted by Gasteiger charge is 2.55. The normalized spacial score (nSPS) is 17.7. The van der Waals surface area contributed by atoms with E-state index >= 15 is 0 Å². The molecule has 0 bridgehead atoms. The Morgan fingerprint density at radius 2 is 2.06 bits per heavy atom. The van der Waals surface area contributed by atoms with E-state index in [-0.39, 0.29) is 23.5 Å². The maximum atomic E-state index is 12.4. The van der Waals surface area contributed by atoms with Crippen molar-refractivity contribution in [1.82, 2.24) is 0 Å². The summed E-state index contributed by atoms with van der Waals surface area (Å²) in [6.45, 7) is 0. The third-order valence-corrected chi connectivity index (χ3v) is 5.32. The molecule has 1 aromatic rings. The number of ketones is 1. The van der Waals surface area contributed by atoms with Gasteiger partial charge in [0.1, 0.15) is 11.5 Å². The van der Waals surface area contributed by atoms with Gasteiger partial charge in [-0.1, -0.05) is 6.07 Å². The average Bonchev–Trinajstić information content (AvgIpc) is 2.34. The number of sulfone groups is 1. The fraction of sp³-hybridized carbons (Fsp3) is 0.333. The highest BCUT2D eigenvalue weighted by molar-refractivity contribution is 7.93. The molecule has 1 fully saturated rings. The molecule has 1 aliphatic rings. The van der Waals surface area contributed by atoms with E-state index in [1.54, 1.807) is 12.1 Å². The van der Waals surface area contributed by atoms with Crippen LogP contribution in [0.15, 0.2) is 29.2 Å². The van der Waals surface area contributed by atoms with Crippen LogP contribution in [0.3, 0.4) is 0 Å². The van der Waals surface area contributed by atoms with Gasteiger partial charge in [0.05, 0.1) is 18.1 Å². The predicted octanol–water partition coefficient (Wildman–Crippen LogP) is 1.09. The van der Waals surface area contributed by atoms with Crippen LogP contribution in [0.25, 0.3) is 0 Å². The van der Waals surface area contributed by atoms with Gasteiger partial charge in [-0.15, -0.1) is 0 Å². The van der Waals surface area contributed by atoms with E-state index < -0.39 is 14.6 Å². The highest BCUT2D eigenvalue weighted by Crippen LogP contribution is 2.40. The molecule has 1 aliphatic carbocycles. The van der Waals surface area contributed by atoms with Gasteiger partial charge in [-0.3, -0.25) is 4.79 Å². The maximum Gasteiger partial charge on any atom is 0.198 e. The maximum absolute atomic E-state index is 12.4. The standard InChI is InChI=1S/C12H11NO4S/c1-17-10-3-2-4-11(5-10)18(15,16)12(8-13)6-9(14)7-12/h2-5H,6-7H2,1H3. The Morgan fingerprint density at radius 3 is 2.56 bits per heavy atom. The van der Waals surface area contributed by atoms with Crippen molar-refractivity contribution in [3.8, 4) is 11.8 Å². The molecule has 1 saturated carbocycles. The van der Waals surface area contributed by atoms with Gasteiger partial charge in [-0.2, -0.15) is 5.26 Å². The number of carbonyl (C=O) groups is 1. The van der Waals surface area contributed by atoms with Crippen LogP contribution in [0, 0.1) is 11.3 Å². The van der Waals surface area contributed by atoms with Crippen LogP contribution in [0.1, 0.15) is 12.8 Å². The molecule has 18 heavy (non-hydrogen) atoms. The largest absolute Gasteiger partial charge is 0.497 e. The van der Waals surface area contributed by atoms with E-state index in [4.69, 9.17) is 10.00 Å². The summed E-state index contributed by atoms with van der Waals surface area (Å²) in [5.74, 6) is 0.192. The smallest absolute Gasteiger partial charge is 0.198 e. The molecule has 0 amide bonds. The van der Waals surface area contributed by atoms with Crippen LogP contribution >= 0.6 is 0 Å². The monoisotopic (exact) mass is 265 g/mol. The molecule has 0 aliphatic heterocycles. The molecule has 5 nitrogen and oxygen atoms in total. The van der Waals surface area contributed by atoms with Gasteiger partial charge in [-0.05, 0) is 18.2 Å². The van der Waals surface area contributed by atoms with Crippen molar-refractivity contribution in [1.29, 1.82) is 5.26 Å². The molecule has 0 aromatic heterocycles. The Kier molecular flexibility index (Phi) is 2.87. The van der Waals surface area contributed by atoms with Crippen LogP contribution < -0.4 is 4.74 Å². The minimum Gasteiger partial charge on any atom is -0.497 e. The zero-order valence-electron chi connectivity index (χ0n) is 9.71. The van der Waals surface area contributed by atoms with Crippen LogP contribution in [0.2, 0.25) is 0 Å². The lowest BCUT2D eigenvalue weighted by atomic mass is 9.84. The van der Waals surface area contributed by atoms with Crippen molar-refractivity contribution in [2.24, 2.45) is 0 Å². The number of ether oxygens (including phenoxy) is 1. The number of benzene rings is 1. The molecule has 6 heteroatoms. The Bertz CT molecular complexity index is 634. The van der Waals surface area contributed by atoms with Gasteiger partial charge in [0.15, 0.2) is 14.6 Å². The summed E-state index contributed by atoms with van der Waals surface area (Å²) >= 11 is 0. The number of nitrogens with zero attached hydrogens (tertiary/aromatic N) is 1. The van der Waals surface area contributed by atoms with E-state index in [2.05, 4.69) is 0 Å². The Morgan fingerprint density at radius 1 is 1.39 bits per heavy atom. The first-order valence-electron chi connectivity index (χ1n) is 5.27. The van der Waals surface area contributed by atoms with Gasteiger partial charge < -0.3 is 4.74 Å². The molecule has 0 saturated heterocycles. The fourth-order valence-electron chi connectivity index (χ4n) is 1.91. The topological polar surface area (TPSA) is 84.2 Å². The third kappa shape index (κ3) is 1.68. The van der Waals surface area contributed by atoms with Gasteiger partial charge in [-0.25, -0.2) is 8.42 Å². The van der Waals surface area contributed by atoms with Crippen molar-refractivity contribution < 1.29 is 17.9 Å². The number of hydrogen-bond acceptors (Lipinski definition) is 5. The summed E-state index contributed by atoms with van der Waals surface area (Å²) in [4.78, 5) is 11.0. The number of rotatable bonds is 3. The average molecular weight is 265 g/mol. The van der Waals surface area contributed by atoms with Gasteiger partial charge >= 0.3 is 0 Å². The molecule has 94 valence electrons. The van der Waals surface area contributed by atoms with E-state index in [9.17, 15) is 13.2 Å². The first-order valence-corrected chi connectivity index (χ1v) is 6.75. The summed E-state index contributed by atoms with van der Waals surface area (Å²) in [7, 11) is -2.41. The second kappa shape index (κ2) is 4.10. The second-order valence-corrected chi connectivity index (χ2v) is 6.44. The molecule has 0 unspecified atom stereocenters. The number of hydrogen-bond donors (Lipinski definition) is 0. The SMILES string of the molecule is COc1cccc(S(=O)(=O)C2(C#N)CC(=O)C2)c1. The van der Waals surface area contributed by atoms with Crippen LogP contribution in [-0.4, -0.2) is 26.1 Å². The molecule has 0 atom stereocenters. The second-order valence-electron chi connectivity index (χ2n) is 4.18. The summed E-state index contributed by atoms with van der Waals surface area (Å²) in [5, 5.41) is 9.07. The van der Waals surface area contributed by atoms with Gasteiger partial charge in [0, 0.05) is 12.8 Å². The lowest BCUT2D eigenvalue weighted by Crippen LogP contribution is -2.49. The third-order valence-electron chi connectivity index (χ3n) is 3.04. The first-order chi connectivity index (χ1) is 8.45. The number of Topliss-reactive ketones (excluding diaryl/α,β-unsaturated/α-hetero) is 1. The summed E-state index contributed by atoms with van der Waals surface area (Å²) < 4.78 is 28.1. The van der Waals surface area contributed by atoms with Gasteiger partial charge in [0.25, 0.3) is 0 Å². The summed E-state index contributed by atoms with van der Waals surface area (Å²) in [6.07, 6.45) is -0.466. The Hall–Kier alpha value is -1.87. The molecule has 2 rings (SSSR count).